The molecule has 2 fully saturated rings. The Hall–Kier alpha value is -1.08. The van der Waals surface area contributed by atoms with Gasteiger partial charge in [0.15, 0.2) is 0 Å². The molecule has 3 amide bonds. The standard InChI is InChI=1S/C13H16BrN3O2S/c14-12-10(3-4-20-12)5-15-13(19)17-7-11(18)16(8-17)6-9-1-2-9/h3-4,9H,1-2,5-8H2,(H,15,19). The number of amides is 3. The largest absolute Gasteiger partial charge is 0.334 e. The maximum Gasteiger partial charge on any atom is 0.319 e. The quantitative estimate of drug-likeness (QED) is 0.898. The molecule has 108 valence electrons. The maximum absolute atomic E-state index is 12.1. The second-order valence-electron chi connectivity index (χ2n) is 5.28. The van der Waals surface area contributed by atoms with Gasteiger partial charge < -0.3 is 10.2 Å². The molecule has 3 rings (SSSR count). The topological polar surface area (TPSA) is 52.7 Å². The minimum atomic E-state index is -0.172. The van der Waals surface area contributed by atoms with Crippen molar-refractivity contribution < 1.29 is 9.59 Å². The SMILES string of the molecule is O=C1CN(C(=O)NCc2ccsc2Br)CN1CC1CC1. The van der Waals surface area contributed by atoms with Crippen LogP contribution in [0.15, 0.2) is 15.2 Å². The van der Waals surface area contributed by atoms with Crippen molar-refractivity contribution in [3.63, 3.8) is 0 Å². The van der Waals surface area contributed by atoms with Gasteiger partial charge in [0.25, 0.3) is 0 Å². The van der Waals surface area contributed by atoms with E-state index in [4.69, 9.17) is 0 Å². The normalized spacial score (nSPS) is 18.8. The highest BCUT2D eigenvalue weighted by Crippen LogP contribution is 2.30. The highest BCUT2D eigenvalue weighted by Gasteiger charge is 2.34. The Morgan fingerprint density at radius 3 is 2.95 bits per heavy atom. The lowest BCUT2D eigenvalue weighted by atomic mass is 10.3. The molecule has 20 heavy (non-hydrogen) atoms. The molecular weight excluding hydrogens is 342 g/mol. The van der Waals surface area contributed by atoms with Crippen LogP contribution in [-0.2, 0) is 11.3 Å². The summed E-state index contributed by atoms with van der Waals surface area (Å²) in [7, 11) is 0. The summed E-state index contributed by atoms with van der Waals surface area (Å²) in [5.41, 5.74) is 1.06. The fraction of sp³-hybridized carbons (Fsp3) is 0.538. The maximum atomic E-state index is 12.1. The number of rotatable bonds is 4. The highest BCUT2D eigenvalue weighted by atomic mass is 79.9. The minimum absolute atomic E-state index is 0.0590. The molecule has 1 aliphatic heterocycles. The predicted octanol–water partition coefficient (Wildman–Crippen LogP) is 2.23. The average Bonchev–Trinajstić information content (AvgIpc) is 3.03. The first-order valence-corrected chi connectivity index (χ1v) is 8.33. The summed E-state index contributed by atoms with van der Waals surface area (Å²) in [5, 5.41) is 4.84. The number of hydrogen-bond acceptors (Lipinski definition) is 3. The Kier molecular flexibility index (Phi) is 3.98. The lowest BCUT2D eigenvalue weighted by Crippen LogP contribution is -2.39. The van der Waals surface area contributed by atoms with E-state index in [0.29, 0.717) is 19.1 Å². The number of halogens is 1. The summed E-state index contributed by atoms with van der Waals surface area (Å²) in [5.74, 6) is 0.715. The molecule has 0 spiro atoms. The van der Waals surface area contributed by atoms with Crippen molar-refractivity contribution in [2.45, 2.75) is 19.4 Å². The lowest BCUT2D eigenvalue weighted by molar-refractivity contribution is -0.126. The van der Waals surface area contributed by atoms with E-state index >= 15 is 0 Å². The molecule has 1 saturated carbocycles. The van der Waals surface area contributed by atoms with Crippen LogP contribution in [0.1, 0.15) is 18.4 Å². The highest BCUT2D eigenvalue weighted by molar-refractivity contribution is 9.11. The van der Waals surface area contributed by atoms with Crippen LogP contribution in [-0.4, -0.2) is 41.5 Å². The number of hydrogen-bond donors (Lipinski definition) is 1. The van der Waals surface area contributed by atoms with Gasteiger partial charge in [-0.1, -0.05) is 0 Å². The van der Waals surface area contributed by atoms with Crippen LogP contribution in [0.4, 0.5) is 4.79 Å². The molecule has 0 aromatic carbocycles. The second-order valence-corrected chi connectivity index (χ2v) is 7.51. The lowest BCUT2D eigenvalue weighted by Gasteiger charge is -2.18. The van der Waals surface area contributed by atoms with E-state index in [2.05, 4.69) is 21.2 Å². The third kappa shape index (κ3) is 3.15. The van der Waals surface area contributed by atoms with E-state index in [1.165, 1.54) is 12.8 Å². The number of nitrogens with zero attached hydrogens (tertiary/aromatic N) is 2. The van der Waals surface area contributed by atoms with Gasteiger partial charge in [-0.2, -0.15) is 0 Å². The number of nitrogens with one attached hydrogen (secondary N) is 1. The summed E-state index contributed by atoms with van der Waals surface area (Å²) >= 11 is 5.04. The van der Waals surface area contributed by atoms with Gasteiger partial charge in [0.05, 0.1) is 10.5 Å². The zero-order valence-corrected chi connectivity index (χ0v) is 13.4. The Bertz CT molecular complexity index is 529. The van der Waals surface area contributed by atoms with Crippen molar-refractivity contribution in [1.29, 1.82) is 0 Å². The van der Waals surface area contributed by atoms with Gasteiger partial charge in [0, 0.05) is 13.1 Å². The first-order valence-electron chi connectivity index (χ1n) is 6.66. The fourth-order valence-electron chi connectivity index (χ4n) is 2.23. The number of carbonyl (C=O) groups is 2. The Balaban J connectivity index is 1.50. The predicted molar refractivity (Wildman–Crippen MR) is 80.3 cm³/mol. The summed E-state index contributed by atoms with van der Waals surface area (Å²) in [6.07, 6.45) is 2.42. The van der Waals surface area contributed by atoms with Crippen LogP contribution in [0.3, 0.4) is 0 Å². The first-order chi connectivity index (χ1) is 9.63. The van der Waals surface area contributed by atoms with Crippen molar-refractivity contribution in [1.82, 2.24) is 15.1 Å². The summed E-state index contributed by atoms with van der Waals surface area (Å²) in [4.78, 5) is 27.3. The first kappa shape index (κ1) is 13.9. The van der Waals surface area contributed by atoms with Crippen molar-refractivity contribution in [3.05, 3.63) is 20.8 Å². The van der Waals surface area contributed by atoms with Crippen molar-refractivity contribution in [2.75, 3.05) is 19.8 Å². The van der Waals surface area contributed by atoms with Gasteiger partial charge in [-0.25, -0.2) is 4.79 Å². The molecule has 0 bridgehead atoms. The second kappa shape index (κ2) is 5.73. The molecule has 2 heterocycles. The van der Waals surface area contributed by atoms with E-state index in [1.807, 2.05) is 11.4 Å². The van der Waals surface area contributed by atoms with E-state index in [-0.39, 0.29) is 18.5 Å². The van der Waals surface area contributed by atoms with E-state index < -0.39 is 0 Å². The summed E-state index contributed by atoms with van der Waals surface area (Å²) in [6.45, 7) is 1.91. The van der Waals surface area contributed by atoms with Gasteiger partial charge >= 0.3 is 6.03 Å². The molecule has 1 aliphatic carbocycles. The van der Waals surface area contributed by atoms with E-state index in [0.717, 1.165) is 15.9 Å². The molecule has 1 N–H and O–H groups in total. The molecular formula is C13H16BrN3O2S. The van der Waals surface area contributed by atoms with Gasteiger partial charge in [-0.05, 0) is 51.7 Å². The van der Waals surface area contributed by atoms with Crippen molar-refractivity contribution in [3.8, 4) is 0 Å². The average molecular weight is 358 g/mol. The number of carbonyl (C=O) groups excluding carboxylic acids is 2. The smallest absolute Gasteiger partial charge is 0.319 e. The summed E-state index contributed by atoms with van der Waals surface area (Å²) < 4.78 is 1.03. The van der Waals surface area contributed by atoms with Crippen molar-refractivity contribution in [2.24, 2.45) is 5.92 Å². The van der Waals surface area contributed by atoms with Crippen LogP contribution in [0, 0.1) is 5.92 Å². The van der Waals surface area contributed by atoms with Crippen molar-refractivity contribution >= 4 is 39.2 Å². The minimum Gasteiger partial charge on any atom is -0.334 e. The number of urea groups is 1. The zero-order valence-electron chi connectivity index (χ0n) is 11.0. The third-order valence-corrected chi connectivity index (χ3v) is 5.42. The van der Waals surface area contributed by atoms with E-state index in [9.17, 15) is 9.59 Å². The molecule has 0 radical (unpaired) electrons. The van der Waals surface area contributed by atoms with Gasteiger partial charge in [-0.3, -0.25) is 9.69 Å². The Morgan fingerprint density at radius 1 is 1.50 bits per heavy atom. The molecule has 7 heteroatoms. The monoisotopic (exact) mass is 357 g/mol. The van der Waals surface area contributed by atoms with Crippen LogP contribution in [0.5, 0.6) is 0 Å². The van der Waals surface area contributed by atoms with Gasteiger partial charge in [0.2, 0.25) is 5.91 Å². The molecule has 0 unspecified atom stereocenters. The van der Waals surface area contributed by atoms with Gasteiger partial charge in [0.1, 0.15) is 6.54 Å². The Labute approximate surface area is 130 Å². The molecule has 1 saturated heterocycles. The molecule has 5 nitrogen and oxygen atoms in total. The molecule has 2 aliphatic rings. The van der Waals surface area contributed by atoms with Crippen LogP contribution >= 0.6 is 27.3 Å². The Morgan fingerprint density at radius 2 is 2.30 bits per heavy atom. The zero-order chi connectivity index (χ0) is 14.1. The molecule has 1 aromatic rings. The number of thiophene rings is 1. The molecule has 0 atom stereocenters. The third-order valence-electron chi connectivity index (χ3n) is 3.61. The van der Waals surface area contributed by atoms with Crippen LogP contribution in [0.2, 0.25) is 0 Å². The van der Waals surface area contributed by atoms with E-state index in [1.54, 1.807) is 21.1 Å². The summed E-state index contributed by atoms with van der Waals surface area (Å²) in [6, 6.07) is 1.80. The van der Waals surface area contributed by atoms with Gasteiger partial charge in [-0.15, -0.1) is 11.3 Å². The van der Waals surface area contributed by atoms with Crippen LogP contribution < -0.4 is 5.32 Å². The molecule has 1 aromatic heterocycles. The van der Waals surface area contributed by atoms with Crippen LogP contribution in [0.25, 0.3) is 0 Å². The fourth-order valence-corrected chi connectivity index (χ4v) is 3.47.